The van der Waals surface area contributed by atoms with Gasteiger partial charge in [0.2, 0.25) is 5.91 Å². The van der Waals surface area contributed by atoms with Gasteiger partial charge >= 0.3 is 5.97 Å². The predicted octanol–water partition coefficient (Wildman–Crippen LogP) is 1.17. The third-order valence-electron chi connectivity index (χ3n) is 3.79. The number of carbonyl (C=O) groups is 2. The molecule has 0 spiro atoms. The average Bonchev–Trinajstić information content (AvgIpc) is 2.58. The van der Waals surface area contributed by atoms with Crippen LogP contribution in [0.2, 0.25) is 0 Å². The van der Waals surface area contributed by atoms with E-state index in [4.69, 9.17) is 14.6 Å². The van der Waals surface area contributed by atoms with Crippen LogP contribution in [-0.4, -0.2) is 48.3 Å². The van der Waals surface area contributed by atoms with E-state index in [0.29, 0.717) is 31.1 Å². The first kappa shape index (κ1) is 18.1. The Hall–Kier alpha value is -2.28. The van der Waals surface area contributed by atoms with Crippen LogP contribution in [0.3, 0.4) is 0 Å². The Bertz CT molecular complexity index is 578. The first-order valence-electron chi connectivity index (χ1n) is 8.16. The lowest BCUT2D eigenvalue weighted by Crippen LogP contribution is -2.51. The molecule has 0 bridgehead atoms. The number of nitrogens with one attached hydrogen (secondary N) is 2. The maximum absolute atomic E-state index is 12.1. The largest absolute Gasteiger partial charge is 0.486 e. The maximum Gasteiger partial charge on any atom is 0.320 e. The van der Waals surface area contributed by atoms with Gasteiger partial charge in [-0.15, -0.1) is 0 Å². The van der Waals surface area contributed by atoms with Crippen LogP contribution in [0.4, 0.5) is 0 Å². The van der Waals surface area contributed by atoms with Crippen LogP contribution in [0.25, 0.3) is 0 Å². The molecule has 1 aromatic rings. The fourth-order valence-corrected chi connectivity index (χ4v) is 2.48. The first-order chi connectivity index (χ1) is 11.5. The molecule has 1 aliphatic heterocycles. The van der Waals surface area contributed by atoms with Gasteiger partial charge in [-0.3, -0.25) is 14.9 Å². The van der Waals surface area contributed by atoms with Crippen molar-refractivity contribution < 1.29 is 24.2 Å². The summed E-state index contributed by atoms with van der Waals surface area (Å²) < 4.78 is 11.4. The molecule has 3 N–H and O–H groups in total. The Balaban J connectivity index is 1.79. The molecule has 3 atom stereocenters. The number of para-hydroxylation sites is 2. The van der Waals surface area contributed by atoms with E-state index in [1.165, 1.54) is 0 Å². The van der Waals surface area contributed by atoms with Crippen molar-refractivity contribution >= 4 is 11.9 Å². The van der Waals surface area contributed by atoms with E-state index in [-0.39, 0.29) is 12.0 Å². The van der Waals surface area contributed by atoms with Crippen molar-refractivity contribution in [3.63, 3.8) is 0 Å². The second-order valence-corrected chi connectivity index (χ2v) is 5.81. The molecule has 0 aliphatic carbocycles. The number of benzene rings is 1. The second kappa shape index (κ2) is 8.54. The summed E-state index contributed by atoms with van der Waals surface area (Å²) in [5.74, 6) is 0.138. The molecule has 0 saturated carbocycles. The summed E-state index contributed by atoms with van der Waals surface area (Å²) in [4.78, 5) is 23.3. The first-order valence-corrected chi connectivity index (χ1v) is 8.16. The van der Waals surface area contributed by atoms with E-state index in [2.05, 4.69) is 10.6 Å². The number of aliphatic carboxylic acids is 1. The van der Waals surface area contributed by atoms with E-state index in [1.54, 1.807) is 6.92 Å². The van der Waals surface area contributed by atoms with Crippen molar-refractivity contribution in [3.05, 3.63) is 24.3 Å². The minimum atomic E-state index is -0.947. The van der Waals surface area contributed by atoms with Crippen molar-refractivity contribution in [2.24, 2.45) is 0 Å². The number of hydrogen-bond donors (Lipinski definition) is 3. The maximum atomic E-state index is 12.1. The molecule has 132 valence electrons. The Morgan fingerprint density at radius 3 is 2.71 bits per heavy atom. The minimum Gasteiger partial charge on any atom is -0.486 e. The Kier molecular flexibility index (Phi) is 6.43. The van der Waals surface area contributed by atoms with Crippen LogP contribution in [0.5, 0.6) is 11.5 Å². The van der Waals surface area contributed by atoms with E-state index >= 15 is 0 Å². The quantitative estimate of drug-likeness (QED) is 0.659. The van der Waals surface area contributed by atoms with E-state index in [1.807, 2.05) is 31.2 Å². The standard InChI is InChI=1S/C17H24N2O5/c1-3-6-13(17(21)22)19-11(2)16(20)18-9-12-10-23-14-7-4-5-8-15(14)24-12/h4-5,7-8,11-13,19H,3,6,9-10H2,1-2H3,(H,18,20)(H,21,22). The van der Waals surface area contributed by atoms with Gasteiger partial charge in [-0.05, 0) is 25.5 Å². The van der Waals surface area contributed by atoms with E-state index in [9.17, 15) is 9.59 Å². The van der Waals surface area contributed by atoms with Gasteiger partial charge < -0.3 is 19.9 Å². The molecule has 0 radical (unpaired) electrons. The number of carboxylic acids is 1. The van der Waals surface area contributed by atoms with Crippen LogP contribution >= 0.6 is 0 Å². The van der Waals surface area contributed by atoms with Gasteiger partial charge in [-0.25, -0.2) is 0 Å². The summed E-state index contributed by atoms with van der Waals surface area (Å²) in [6.45, 7) is 4.20. The number of rotatable bonds is 8. The summed E-state index contributed by atoms with van der Waals surface area (Å²) in [6, 6.07) is 6.04. The highest BCUT2D eigenvalue weighted by molar-refractivity contribution is 5.82. The molecule has 3 unspecified atom stereocenters. The number of fused-ring (bicyclic) bond motifs is 1. The van der Waals surface area contributed by atoms with Gasteiger partial charge in [0.05, 0.1) is 12.6 Å². The number of carbonyl (C=O) groups excluding carboxylic acids is 1. The summed E-state index contributed by atoms with van der Waals surface area (Å²) in [5.41, 5.74) is 0. The monoisotopic (exact) mass is 336 g/mol. The van der Waals surface area contributed by atoms with Gasteiger partial charge in [0.25, 0.3) is 0 Å². The lowest BCUT2D eigenvalue weighted by atomic mass is 10.1. The van der Waals surface area contributed by atoms with E-state index < -0.39 is 18.1 Å². The number of carboxylic acid groups (broad SMARTS) is 1. The van der Waals surface area contributed by atoms with Gasteiger partial charge in [0.1, 0.15) is 18.8 Å². The molecule has 7 nitrogen and oxygen atoms in total. The molecule has 0 aromatic heterocycles. The molecular formula is C17H24N2O5. The molecule has 2 rings (SSSR count). The highest BCUT2D eigenvalue weighted by atomic mass is 16.6. The van der Waals surface area contributed by atoms with Crippen LogP contribution in [0.1, 0.15) is 26.7 Å². The molecule has 1 heterocycles. The number of ether oxygens (including phenoxy) is 2. The second-order valence-electron chi connectivity index (χ2n) is 5.81. The van der Waals surface area contributed by atoms with Gasteiger partial charge in [-0.2, -0.15) is 0 Å². The molecule has 1 amide bonds. The van der Waals surface area contributed by atoms with Crippen LogP contribution < -0.4 is 20.1 Å². The predicted molar refractivity (Wildman–Crippen MR) is 88.3 cm³/mol. The lowest BCUT2D eigenvalue weighted by molar-refractivity contribution is -0.140. The average molecular weight is 336 g/mol. The normalized spacial score (nSPS) is 18.5. The zero-order valence-electron chi connectivity index (χ0n) is 14.0. The highest BCUT2D eigenvalue weighted by Gasteiger charge is 2.24. The molecule has 1 aromatic carbocycles. The molecule has 0 fully saturated rings. The fourth-order valence-electron chi connectivity index (χ4n) is 2.48. The summed E-state index contributed by atoms with van der Waals surface area (Å²) in [7, 11) is 0. The van der Waals surface area contributed by atoms with Crippen molar-refractivity contribution in [3.8, 4) is 11.5 Å². The molecule has 7 heteroatoms. The zero-order valence-corrected chi connectivity index (χ0v) is 14.0. The van der Waals surface area contributed by atoms with Crippen LogP contribution in [0, 0.1) is 0 Å². The van der Waals surface area contributed by atoms with Crippen molar-refractivity contribution in [2.45, 2.75) is 44.9 Å². The Morgan fingerprint density at radius 2 is 2.04 bits per heavy atom. The smallest absolute Gasteiger partial charge is 0.320 e. The van der Waals surface area contributed by atoms with Crippen LogP contribution in [-0.2, 0) is 9.59 Å². The number of hydrogen-bond acceptors (Lipinski definition) is 5. The van der Waals surface area contributed by atoms with Crippen molar-refractivity contribution in [1.29, 1.82) is 0 Å². The molecule has 0 saturated heterocycles. The van der Waals surface area contributed by atoms with Crippen molar-refractivity contribution in [2.75, 3.05) is 13.2 Å². The Labute approximate surface area is 141 Å². The number of amides is 1. The molecule has 1 aliphatic rings. The summed E-state index contributed by atoms with van der Waals surface area (Å²) in [6.07, 6.45) is 0.927. The van der Waals surface area contributed by atoms with Gasteiger partial charge in [-0.1, -0.05) is 25.5 Å². The zero-order chi connectivity index (χ0) is 17.5. The van der Waals surface area contributed by atoms with Crippen LogP contribution in [0.15, 0.2) is 24.3 Å². The third kappa shape index (κ3) is 4.86. The summed E-state index contributed by atoms with van der Waals surface area (Å²) in [5, 5.41) is 14.7. The molecule has 24 heavy (non-hydrogen) atoms. The molecular weight excluding hydrogens is 312 g/mol. The van der Waals surface area contributed by atoms with Gasteiger partial charge in [0.15, 0.2) is 11.5 Å². The highest BCUT2D eigenvalue weighted by Crippen LogP contribution is 2.30. The third-order valence-corrected chi connectivity index (χ3v) is 3.79. The fraction of sp³-hybridized carbons (Fsp3) is 0.529. The summed E-state index contributed by atoms with van der Waals surface area (Å²) >= 11 is 0. The topological polar surface area (TPSA) is 96.9 Å². The Morgan fingerprint density at radius 1 is 1.33 bits per heavy atom. The van der Waals surface area contributed by atoms with Gasteiger partial charge in [0, 0.05) is 0 Å². The van der Waals surface area contributed by atoms with Crippen molar-refractivity contribution in [1.82, 2.24) is 10.6 Å². The lowest BCUT2D eigenvalue weighted by Gasteiger charge is -2.27. The minimum absolute atomic E-state index is 0.264. The van der Waals surface area contributed by atoms with E-state index in [0.717, 1.165) is 6.42 Å². The SMILES string of the molecule is CCCC(NC(C)C(=O)NCC1COc2ccccc2O1)C(=O)O.